The Morgan fingerprint density at radius 2 is 2.19 bits per heavy atom. The minimum Gasteiger partial charge on any atom is -0.480 e. The highest BCUT2D eigenvalue weighted by atomic mass is 79.9. The van der Waals surface area contributed by atoms with Crippen molar-refractivity contribution in [1.82, 2.24) is 0 Å². The van der Waals surface area contributed by atoms with E-state index in [1.54, 1.807) is 13.0 Å². The molecular weight excluding hydrogens is 344 g/mol. The van der Waals surface area contributed by atoms with Crippen LogP contribution in [-0.2, 0) is 9.53 Å². The summed E-state index contributed by atoms with van der Waals surface area (Å²) in [7, 11) is 0. The second-order valence-corrected chi connectivity index (χ2v) is 6.19. The van der Waals surface area contributed by atoms with Gasteiger partial charge in [0.15, 0.2) is 0 Å². The number of aryl methyl sites for hydroxylation is 1. The van der Waals surface area contributed by atoms with Crippen molar-refractivity contribution in [2.24, 2.45) is 0 Å². The Kier molecular flexibility index (Phi) is 4.20. The number of carboxylic acids is 1. The summed E-state index contributed by atoms with van der Waals surface area (Å²) >= 11 is 3.34. The summed E-state index contributed by atoms with van der Waals surface area (Å²) in [4.78, 5) is 23.0. The number of halogens is 1. The van der Waals surface area contributed by atoms with Crippen LogP contribution in [0.25, 0.3) is 0 Å². The maximum Gasteiger partial charge on any atom is 0.329 e. The van der Waals surface area contributed by atoms with Crippen LogP contribution in [0.15, 0.2) is 16.6 Å². The predicted molar refractivity (Wildman–Crippen MR) is 79.7 cm³/mol. The summed E-state index contributed by atoms with van der Waals surface area (Å²) < 4.78 is 5.98. The van der Waals surface area contributed by atoms with Crippen molar-refractivity contribution in [1.29, 1.82) is 0 Å². The topological polar surface area (TPSA) is 92.9 Å². The van der Waals surface area contributed by atoms with E-state index in [0.29, 0.717) is 23.1 Å². The third-order valence-corrected chi connectivity index (χ3v) is 4.03. The maximum absolute atomic E-state index is 10.9. The van der Waals surface area contributed by atoms with Gasteiger partial charge in [-0.3, -0.25) is 10.1 Å². The molecule has 1 heterocycles. The predicted octanol–water partition coefficient (Wildman–Crippen LogP) is 2.35. The second-order valence-electron chi connectivity index (χ2n) is 5.34. The highest BCUT2D eigenvalue weighted by molar-refractivity contribution is 9.10. The van der Waals surface area contributed by atoms with Crippen LogP contribution in [-0.4, -0.2) is 41.3 Å². The molecule has 0 aliphatic carbocycles. The molecule has 1 aromatic carbocycles. The van der Waals surface area contributed by atoms with Crippen molar-refractivity contribution in [3.8, 4) is 0 Å². The first-order chi connectivity index (χ1) is 9.72. The molecule has 0 aromatic heterocycles. The lowest BCUT2D eigenvalue weighted by molar-refractivity contribution is -0.385. The first-order valence-electron chi connectivity index (χ1n) is 6.27. The molecule has 0 saturated carbocycles. The Labute approximate surface area is 129 Å². The van der Waals surface area contributed by atoms with Crippen molar-refractivity contribution in [3.63, 3.8) is 0 Å². The first-order valence-corrected chi connectivity index (χ1v) is 7.06. The van der Waals surface area contributed by atoms with Gasteiger partial charge in [-0.25, -0.2) is 4.79 Å². The summed E-state index contributed by atoms with van der Waals surface area (Å²) in [6.45, 7) is 4.28. The molecule has 1 saturated heterocycles. The Hall–Kier alpha value is -1.67. The van der Waals surface area contributed by atoms with Crippen molar-refractivity contribution >= 4 is 33.3 Å². The Bertz CT molecular complexity index is 598. The van der Waals surface area contributed by atoms with Gasteiger partial charge in [-0.1, -0.05) is 0 Å². The monoisotopic (exact) mass is 358 g/mol. The summed E-state index contributed by atoms with van der Waals surface area (Å²) in [5.74, 6) is -0.998. The number of nitrogens with zero attached hydrogens (tertiary/aromatic N) is 2. The number of ether oxygens (including phenoxy) is 1. The number of rotatable bonds is 5. The summed E-state index contributed by atoms with van der Waals surface area (Å²) in [6.07, 6.45) is 0. The zero-order valence-corrected chi connectivity index (χ0v) is 13.2. The Balaban J connectivity index is 2.10. The van der Waals surface area contributed by atoms with Crippen molar-refractivity contribution in [2.75, 3.05) is 24.6 Å². The van der Waals surface area contributed by atoms with Crippen molar-refractivity contribution < 1.29 is 19.6 Å². The zero-order chi connectivity index (χ0) is 15.8. The molecule has 0 unspecified atom stereocenters. The fraction of sp³-hybridized carbons (Fsp3) is 0.462. The number of carbonyl (C=O) groups is 1. The third-order valence-electron chi connectivity index (χ3n) is 3.40. The van der Waals surface area contributed by atoms with E-state index < -0.39 is 16.5 Å². The molecular formula is C13H15BrN2O5. The lowest BCUT2D eigenvalue weighted by Gasteiger charge is -2.49. The molecule has 0 atom stereocenters. The van der Waals surface area contributed by atoms with E-state index in [0.717, 1.165) is 5.69 Å². The van der Waals surface area contributed by atoms with Crippen molar-refractivity contribution in [2.45, 2.75) is 19.4 Å². The zero-order valence-electron chi connectivity index (χ0n) is 11.6. The van der Waals surface area contributed by atoms with Crippen LogP contribution in [0, 0.1) is 17.0 Å². The van der Waals surface area contributed by atoms with Gasteiger partial charge < -0.3 is 14.7 Å². The fourth-order valence-corrected chi connectivity index (χ4v) is 2.94. The quantitative estimate of drug-likeness (QED) is 0.641. The number of benzene rings is 1. The van der Waals surface area contributed by atoms with Crippen LogP contribution in [0.1, 0.15) is 12.5 Å². The van der Waals surface area contributed by atoms with Crippen molar-refractivity contribution in [3.05, 3.63) is 32.3 Å². The van der Waals surface area contributed by atoms with Crippen LogP contribution in [0.4, 0.5) is 11.4 Å². The number of nitro benzene ring substituents is 1. The summed E-state index contributed by atoms with van der Waals surface area (Å²) in [5, 5.41) is 19.5. The Morgan fingerprint density at radius 1 is 1.57 bits per heavy atom. The molecule has 1 aliphatic heterocycles. The molecule has 1 aromatic rings. The average Bonchev–Trinajstić information content (AvgIpc) is 2.35. The molecule has 0 radical (unpaired) electrons. The largest absolute Gasteiger partial charge is 0.480 e. The standard InChI is InChI=1S/C13H15BrN2O5/c1-8-3-11(9(14)4-10(8)16(19)20)15-6-13(2,7-15)21-5-12(17)18/h3-4H,5-7H2,1-2H3,(H,17,18). The lowest BCUT2D eigenvalue weighted by Crippen LogP contribution is -2.62. The summed E-state index contributed by atoms with van der Waals surface area (Å²) in [6, 6.07) is 3.23. The maximum atomic E-state index is 10.9. The number of hydrogen-bond donors (Lipinski definition) is 1. The van der Waals surface area contributed by atoms with Gasteiger partial charge in [0.05, 0.1) is 10.6 Å². The van der Waals surface area contributed by atoms with Crippen LogP contribution >= 0.6 is 15.9 Å². The van der Waals surface area contributed by atoms with Gasteiger partial charge in [-0.2, -0.15) is 0 Å². The van der Waals surface area contributed by atoms with Gasteiger partial charge >= 0.3 is 5.97 Å². The smallest absolute Gasteiger partial charge is 0.329 e. The summed E-state index contributed by atoms with van der Waals surface area (Å²) in [5.41, 5.74) is 0.983. The van der Waals surface area contributed by atoms with E-state index in [2.05, 4.69) is 15.9 Å². The first kappa shape index (κ1) is 15.7. The van der Waals surface area contributed by atoms with Gasteiger partial charge in [-0.15, -0.1) is 0 Å². The van der Waals surface area contributed by atoms with E-state index >= 15 is 0 Å². The highest BCUT2D eigenvalue weighted by Gasteiger charge is 2.41. The highest BCUT2D eigenvalue weighted by Crippen LogP contribution is 2.38. The van der Waals surface area contributed by atoms with Crippen LogP contribution in [0.2, 0.25) is 0 Å². The minimum atomic E-state index is -0.998. The third kappa shape index (κ3) is 3.33. The molecule has 1 aliphatic rings. The normalized spacial score (nSPS) is 16.4. The van der Waals surface area contributed by atoms with Gasteiger partial charge in [0, 0.05) is 29.2 Å². The van der Waals surface area contributed by atoms with E-state index in [4.69, 9.17) is 9.84 Å². The molecule has 0 spiro atoms. The molecule has 2 rings (SSSR count). The SMILES string of the molecule is Cc1cc(N2CC(C)(OCC(=O)O)C2)c(Br)cc1[N+](=O)[O-]. The van der Waals surface area contributed by atoms with Gasteiger partial charge in [-0.05, 0) is 35.8 Å². The average molecular weight is 359 g/mol. The van der Waals surface area contributed by atoms with E-state index in [1.807, 2.05) is 11.8 Å². The molecule has 7 nitrogen and oxygen atoms in total. The lowest BCUT2D eigenvalue weighted by atomic mass is 9.95. The molecule has 21 heavy (non-hydrogen) atoms. The van der Waals surface area contributed by atoms with Gasteiger partial charge in [0.25, 0.3) is 5.69 Å². The van der Waals surface area contributed by atoms with Crippen LogP contribution < -0.4 is 4.90 Å². The van der Waals surface area contributed by atoms with E-state index in [9.17, 15) is 14.9 Å². The fourth-order valence-electron chi connectivity index (χ4n) is 2.35. The Morgan fingerprint density at radius 3 is 2.71 bits per heavy atom. The molecule has 114 valence electrons. The molecule has 0 bridgehead atoms. The van der Waals surface area contributed by atoms with Crippen LogP contribution in [0.5, 0.6) is 0 Å². The number of anilines is 1. The van der Waals surface area contributed by atoms with E-state index in [1.165, 1.54) is 6.07 Å². The second kappa shape index (κ2) is 5.61. The molecule has 1 fully saturated rings. The van der Waals surface area contributed by atoms with E-state index in [-0.39, 0.29) is 12.3 Å². The number of hydrogen-bond acceptors (Lipinski definition) is 5. The van der Waals surface area contributed by atoms with Gasteiger partial charge in [0.2, 0.25) is 0 Å². The van der Waals surface area contributed by atoms with Gasteiger partial charge in [0.1, 0.15) is 12.2 Å². The molecule has 0 amide bonds. The van der Waals surface area contributed by atoms with Crippen LogP contribution in [0.3, 0.4) is 0 Å². The molecule has 1 N–H and O–H groups in total. The minimum absolute atomic E-state index is 0.0658. The number of aliphatic carboxylic acids is 1. The number of carboxylic acid groups (broad SMARTS) is 1. The molecule has 8 heteroatoms. The number of nitro groups is 1.